The van der Waals surface area contributed by atoms with E-state index in [1.54, 1.807) is 25.4 Å². The molecule has 1 unspecified atom stereocenters. The van der Waals surface area contributed by atoms with Crippen molar-refractivity contribution in [1.29, 1.82) is 0 Å². The fourth-order valence-electron chi connectivity index (χ4n) is 1.29. The quantitative estimate of drug-likeness (QED) is 0.745. The van der Waals surface area contributed by atoms with E-state index in [0.29, 0.717) is 24.2 Å². The molecule has 1 aromatic rings. The molecular formula is C12H17NO3. The summed E-state index contributed by atoms with van der Waals surface area (Å²) in [6.07, 6.45) is 4.79. The number of carbonyl (C=O) groups excluding carboxylic acids is 1. The van der Waals surface area contributed by atoms with Gasteiger partial charge in [-0.1, -0.05) is 6.92 Å². The van der Waals surface area contributed by atoms with Crippen LogP contribution in [0, 0.1) is 0 Å². The largest absolute Gasteiger partial charge is 0.492 e. The van der Waals surface area contributed by atoms with Gasteiger partial charge in [0.2, 0.25) is 0 Å². The van der Waals surface area contributed by atoms with Crippen molar-refractivity contribution in [2.24, 2.45) is 0 Å². The zero-order valence-corrected chi connectivity index (χ0v) is 9.64. The van der Waals surface area contributed by atoms with Crippen molar-refractivity contribution in [3.63, 3.8) is 0 Å². The number of ether oxygens (including phenoxy) is 1. The third-order valence-electron chi connectivity index (χ3n) is 2.29. The van der Waals surface area contributed by atoms with Crippen molar-refractivity contribution >= 4 is 6.29 Å². The molecule has 0 aliphatic heterocycles. The summed E-state index contributed by atoms with van der Waals surface area (Å²) < 4.78 is 5.41. The molecule has 0 amide bonds. The molecule has 0 bridgehead atoms. The number of pyridine rings is 1. The molecule has 0 radical (unpaired) electrons. The molecular weight excluding hydrogens is 206 g/mol. The average molecular weight is 223 g/mol. The van der Waals surface area contributed by atoms with Gasteiger partial charge in [0.05, 0.1) is 18.4 Å². The first-order valence-electron chi connectivity index (χ1n) is 5.34. The minimum absolute atomic E-state index is 0.0475. The van der Waals surface area contributed by atoms with Gasteiger partial charge in [0, 0.05) is 18.2 Å². The molecule has 1 N–H and O–H groups in total. The number of nitrogens with zero attached hydrogens (tertiary/aromatic N) is 1. The zero-order chi connectivity index (χ0) is 12.0. The molecule has 4 heteroatoms. The smallest absolute Gasteiger partial charge is 0.137 e. The summed E-state index contributed by atoms with van der Waals surface area (Å²) >= 11 is 0. The van der Waals surface area contributed by atoms with E-state index >= 15 is 0 Å². The summed E-state index contributed by atoms with van der Waals surface area (Å²) in [6.45, 7) is 4.21. The lowest BCUT2D eigenvalue weighted by Gasteiger charge is -2.21. The van der Waals surface area contributed by atoms with Crippen LogP contribution in [0.1, 0.15) is 32.3 Å². The number of aromatic nitrogens is 1. The zero-order valence-electron chi connectivity index (χ0n) is 9.64. The second-order valence-electron chi connectivity index (χ2n) is 3.90. The summed E-state index contributed by atoms with van der Waals surface area (Å²) in [5.74, 6) is 0.616. The normalized spacial score (nSPS) is 14.2. The van der Waals surface area contributed by atoms with Crippen molar-refractivity contribution in [2.75, 3.05) is 6.61 Å². The standard InChI is InChI=1S/C12H17NO3/c1-3-6-16-11-7-10(8-13-9-11)12(2,15)4-5-14/h5,7-9,15H,3-4,6H2,1-2H3. The average Bonchev–Trinajstić information content (AvgIpc) is 2.27. The Hall–Kier alpha value is -1.42. The lowest BCUT2D eigenvalue weighted by atomic mass is 9.95. The second kappa shape index (κ2) is 5.61. The Balaban J connectivity index is 2.84. The van der Waals surface area contributed by atoms with E-state index in [4.69, 9.17) is 4.74 Å². The number of rotatable bonds is 6. The maximum absolute atomic E-state index is 10.4. The Bertz CT molecular complexity index is 350. The number of aldehydes is 1. The van der Waals surface area contributed by atoms with Crippen LogP contribution in [-0.2, 0) is 10.4 Å². The van der Waals surface area contributed by atoms with E-state index in [0.717, 1.165) is 6.42 Å². The van der Waals surface area contributed by atoms with Crippen molar-refractivity contribution < 1.29 is 14.6 Å². The summed E-state index contributed by atoms with van der Waals surface area (Å²) in [6, 6.07) is 1.71. The van der Waals surface area contributed by atoms with Gasteiger partial charge in [0.25, 0.3) is 0 Å². The van der Waals surface area contributed by atoms with Crippen LogP contribution < -0.4 is 4.74 Å². The highest BCUT2D eigenvalue weighted by atomic mass is 16.5. The third-order valence-corrected chi connectivity index (χ3v) is 2.29. The third kappa shape index (κ3) is 3.31. The topological polar surface area (TPSA) is 59.4 Å². The van der Waals surface area contributed by atoms with Crippen LogP contribution in [0.3, 0.4) is 0 Å². The van der Waals surface area contributed by atoms with Crippen LogP contribution in [0.5, 0.6) is 5.75 Å². The molecule has 1 rings (SSSR count). The minimum atomic E-state index is -1.18. The predicted molar refractivity (Wildman–Crippen MR) is 60.3 cm³/mol. The van der Waals surface area contributed by atoms with E-state index < -0.39 is 5.60 Å². The number of carbonyl (C=O) groups is 1. The van der Waals surface area contributed by atoms with E-state index in [1.165, 1.54) is 0 Å². The molecule has 0 saturated heterocycles. The molecule has 0 aliphatic rings. The van der Waals surface area contributed by atoms with E-state index in [2.05, 4.69) is 4.98 Å². The van der Waals surface area contributed by atoms with Gasteiger partial charge in [-0.2, -0.15) is 0 Å². The first kappa shape index (κ1) is 12.6. The van der Waals surface area contributed by atoms with Crippen LogP contribution in [0.25, 0.3) is 0 Å². The first-order chi connectivity index (χ1) is 7.60. The molecule has 4 nitrogen and oxygen atoms in total. The fourth-order valence-corrected chi connectivity index (χ4v) is 1.29. The fraction of sp³-hybridized carbons (Fsp3) is 0.500. The highest BCUT2D eigenvalue weighted by Crippen LogP contribution is 2.25. The molecule has 88 valence electrons. The van der Waals surface area contributed by atoms with Crippen LogP contribution in [0.15, 0.2) is 18.5 Å². The van der Waals surface area contributed by atoms with Crippen LogP contribution in [0.2, 0.25) is 0 Å². The summed E-state index contributed by atoms with van der Waals surface area (Å²) in [7, 11) is 0. The van der Waals surface area contributed by atoms with Crippen LogP contribution in [0.4, 0.5) is 0 Å². The van der Waals surface area contributed by atoms with Gasteiger partial charge in [0.15, 0.2) is 0 Å². The van der Waals surface area contributed by atoms with Gasteiger partial charge in [-0.15, -0.1) is 0 Å². The lowest BCUT2D eigenvalue weighted by molar-refractivity contribution is -0.112. The number of hydrogen-bond acceptors (Lipinski definition) is 4. The molecule has 1 aromatic heterocycles. The monoisotopic (exact) mass is 223 g/mol. The van der Waals surface area contributed by atoms with Crippen molar-refractivity contribution in [2.45, 2.75) is 32.3 Å². The Kier molecular flexibility index (Phi) is 4.43. The molecule has 0 aromatic carbocycles. The second-order valence-corrected chi connectivity index (χ2v) is 3.90. The van der Waals surface area contributed by atoms with E-state index in [9.17, 15) is 9.90 Å². The highest BCUT2D eigenvalue weighted by molar-refractivity contribution is 5.52. The molecule has 1 heterocycles. The molecule has 0 aliphatic carbocycles. The molecule has 0 spiro atoms. The maximum Gasteiger partial charge on any atom is 0.137 e. The SMILES string of the molecule is CCCOc1cncc(C(C)(O)CC=O)c1. The highest BCUT2D eigenvalue weighted by Gasteiger charge is 2.23. The Labute approximate surface area is 95.3 Å². The van der Waals surface area contributed by atoms with Gasteiger partial charge >= 0.3 is 0 Å². The van der Waals surface area contributed by atoms with Gasteiger partial charge in [0.1, 0.15) is 12.0 Å². The molecule has 0 saturated carbocycles. The van der Waals surface area contributed by atoms with Crippen molar-refractivity contribution in [3.8, 4) is 5.75 Å². The van der Waals surface area contributed by atoms with Gasteiger partial charge < -0.3 is 14.6 Å². The predicted octanol–water partition coefficient (Wildman–Crippen LogP) is 1.67. The summed E-state index contributed by atoms with van der Waals surface area (Å²) in [4.78, 5) is 14.4. The summed E-state index contributed by atoms with van der Waals surface area (Å²) in [5, 5.41) is 10.0. The van der Waals surface area contributed by atoms with Crippen LogP contribution >= 0.6 is 0 Å². The minimum Gasteiger partial charge on any atom is -0.492 e. The Morgan fingerprint density at radius 1 is 1.56 bits per heavy atom. The van der Waals surface area contributed by atoms with E-state index in [1.807, 2.05) is 6.92 Å². The van der Waals surface area contributed by atoms with E-state index in [-0.39, 0.29) is 6.42 Å². The molecule has 1 atom stereocenters. The maximum atomic E-state index is 10.4. The van der Waals surface area contributed by atoms with Gasteiger partial charge in [-0.05, 0) is 19.4 Å². The Morgan fingerprint density at radius 3 is 2.94 bits per heavy atom. The van der Waals surface area contributed by atoms with Crippen molar-refractivity contribution in [1.82, 2.24) is 4.98 Å². The Morgan fingerprint density at radius 2 is 2.31 bits per heavy atom. The van der Waals surface area contributed by atoms with Gasteiger partial charge in [-0.25, -0.2) is 0 Å². The lowest BCUT2D eigenvalue weighted by Crippen LogP contribution is -2.21. The molecule has 16 heavy (non-hydrogen) atoms. The number of hydrogen-bond donors (Lipinski definition) is 1. The van der Waals surface area contributed by atoms with Crippen LogP contribution in [-0.4, -0.2) is 23.0 Å². The van der Waals surface area contributed by atoms with Crippen molar-refractivity contribution in [3.05, 3.63) is 24.0 Å². The van der Waals surface area contributed by atoms with Gasteiger partial charge in [-0.3, -0.25) is 4.98 Å². The number of aliphatic hydroxyl groups is 1. The first-order valence-corrected chi connectivity index (χ1v) is 5.34. The molecule has 0 fully saturated rings. The summed E-state index contributed by atoms with van der Waals surface area (Å²) in [5.41, 5.74) is -0.589.